The molecule has 236 valence electrons. The number of guanidine groups is 1. The average molecular weight is 620 g/mol. The van der Waals surface area contributed by atoms with Gasteiger partial charge in [-0.25, -0.2) is 5.48 Å². The third-order valence-electron chi connectivity index (χ3n) is 7.37. The molecule has 4 aliphatic rings. The summed E-state index contributed by atoms with van der Waals surface area (Å²) in [6.07, 6.45) is -8.85. The van der Waals surface area contributed by atoms with E-state index in [2.05, 4.69) is 10.5 Å². The van der Waals surface area contributed by atoms with Gasteiger partial charge in [-0.15, -0.1) is 0 Å². The first-order chi connectivity index (χ1) is 21.2. The molecule has 7 atom stereocenters. The smallest absolute Gasteiger partial charge is 0.317 e. The molecule has 0 radical (unpaired) electrons. The average Bonchev–Trinajstić information content (AvgIpc) is 3.61. The van der Waals surface area contributed by atoms with Gasteiger partial charge in [0.05, 0.1) is 12.5 Å². The van der Waals surface area contributed by atoms with Crippen molar-refractivity contribution in [1.82, 2.24) is 5.48 Å². The molecular formula is C27H29N3O14. The number of ether oxygens (including phenoxy) is 6. The van der Waals surface area contributed by atoms with Gasteiger partial charge in [-0.1, -0.05) is 0 Å². The van der Waals surface area contributed by atoms with E-state index in [0.29, 0.717) is 35.2 Å². The Labute approximate surface area is 248 Å². The van der Waals surface area contributed by atoms with E-state index >= 15 is 0 Å². The minimum absolute atomic E-state index is 0.122. The van der Waals surface area contributed by atoms with E-state index in [1.54, 1.807) is 24.3 Å². The Kier molecular flexibility index (Phi) is 8.19. The molecule has 4 heterocycles. The van der Waals surface area contributed by atoms with Crippen molar-refractivity contribution in [3.8, 4) is 28.7 Å². The molecule has 2 aromatic rings. The van der Waals surface area contributed by atoms with Gasteiger partial charge in [0, 0.05) is 24.2 Å². The molecule has 6 rings (SSSR count). The molecule has 2 aromatic carbocycles. The predicted octanol–water partition coefficient (Wildman–Crippen LogP) is -0.366. The Balaban J connectivity index is 1.15. The molecule has 1 saturated heterocycles. The Bertz CT molecular complexity index is 1450. The van der Waals surface area contributed by atoms with Crippen LogP contribution in [0.2, 0.25) is 0 Å². The number of hydrogen-bond acceptors (Lipinski definition) is 14. The molecule has 0 bridgehead atoms. The van der Waals surface area contributed by atoms with Crippen LogP contribution in [-0.2, 0) is 28.8 Å². The minimum Gasteiger partial charge on any atom is -0.492 e. The fraction of sp³-hybridized carbons (Fsp3) is 0.444. The quantitative estimate of drug-likeness (QED) is 0.0602. The van der Waals surface area contributed by atoms with Crippen molar-refractivity contribution in [3.05, 3.63) is 41.5 Å². The van der Waals surface area contributed by atoms with Crippen LogP contribution in [0.15, 0.2) is 35.3 Å². The molecule has 44 heavy (non-hydrogen) atoms. The van der Waals surface area contributed by atoms with Crippen molar-refractivity contribution >= 4 is 17.9 Å². The lowest BCUT2D eigenvalue weighted by Crippen LogP contribution is -2.62. The highest BCUT2D eigenvalue weighted by Crippen LogP contribution is 2.54. The first kappa shape index (κ1) is 29.5. The Hall–Kier alpha value is -4.55. The van der Waals surface area contributed by atoms with Crippen LogP contribution in [0, 0.1) is 0 Å². The lowest BCUT2D eigenvalue weighted by molar-refractivity contribution is -0.372. The monoisotopic (exact) mass is 619 g/mol. The van der Waals surface area contributed by atoms with E-state index < -0.39 is 61.8 Å². The van der Waals surface area contributed by atoms with Crippen LogP contribution < -0.4 is 35.0 Å². The van der Waals surface area contributed by atoms with Crippen LogP contribution in [0.1, 0.15) is 29.6 Å². The number of carbonyl (C=O) groups excluding carboxylic acids is 1. The van der Waals surface area contributed by atoms with Gasteiger partial charge >= 0.3 is 11.9 Å². The summed E-state index contributed by atoms with van der Waals surface area (Å²) in [4.78, 5) is 42.6. The van der Waals surface area contributed by atoms with E-state index in [9.17, 15) is 19.8 Å². The summed E-state index contributed by atoms with van der Waals surface area (Å²) < 4.78 is 33.5. The summed E-state index contributed by atoms with van der Waals surface area (Å²) in [6, 6.07) is 8.59. The van der Waals surface area contributed by atoms with Gasteiger partial charge in [-0.05, 0) is 24.3 Å². The SMILES string of the molecule is CN=C(N)NO[C@@H]1[C@H](O)[C@@H](COC(=O)CC(=O)O)O[C@@H](O)[C@@H]1OOc1ccc2c(c1)[C@@H]1Oc3cc4c(cc3[C@H]1CO2)OCO4. The molecular weight excluding hydrogens is 590 g/mol. The van der Waals surface area contributed by atoms with Gasteiger partial charge in [0.1, 0.15) is 48.9 Å². The molecule has 4 aliphatic heterocycles. The van der Waals surface area contributed by atoms with Crippen LogP contribution in [0.4, 0.5) is 0 Å². The number of carbonyl (C=O) groups is 2. The lowest BCUT2D eigenvalue weighted by Gasteiger charge is -2.40. The number of aliphatic hydroxyl groups is 2. The number of aliphatic hydroxyl groups excluding tert-OH is 2. The highest BCUT2D eigenvalue weighted by atomic mass is 17.2. The molecule has 17 heteroatoms. The van der Waals surface area contributed by atoms with Gasteiger partial charge in [0.2, 0.25) is 12.8 Å². The van der Waals surface area contributed by atoms with E-state index in [-0.39, 0.29) is 24.4 Å². The van der Waals surface area contributed by atoms with Gasteiger partial charge < -0.3 is 54.4 Å². The molecule has 1 fully saturated rings. The highest BCUT2D eigenvalue weighted by Gasteiger charge is 2.49. The topological polar surface area (TPSA) is 228 Å². The number of carboxylic acid groups (broad SMARTS) is 1. The summed E-state index contributed by atoms with van der Waals surface area (Å²) in [5, 5.41) is 30.4. The summed E-state index contributed by atoms with van der Waals surface area (Å²) in [7, 11) is 1.38. The number of hydroxylamine groups is 1. The van der Waals surface area contributed by atoms with Crippen LogP contribution >= 0.6 is 0 Å². The second kappa shape index (κ2) is 12.2. The first-order valence-corrected chi connectivity index (χ1v) is 13.4. The third kappa shape index (κ3) is 5.82. The number of hydrogen-bond donors (Lipinski definition) is 5. The number of aliphatic imine (C=N–C) groups is 1. The lowest BCUT2D eigenvalue weighted by atomic mass is 9.89. The fourth-order valence-electron chi connectivity index (χ4n) is 5.20. The Morgan fingerprint density at radius 3 is 2.61 bits per heavy atom. The zero-order chi connectivity index (χ0) is 31.0. The number of benzene rings is 2. The first-order valence-electron chi connectivity index (χ1n) is 13.4. The maximum Gasteiger partial charge on any atom is 0.317 e. The minimum atomic E-state index is -1.77. The van der Waals surface area contributed by atoms with Crippen LogP contribution in [0.25, 0.3) is 0 Å². The standard InChI is InChI=1S/C27H29N3O14/c1-29-27(28)30-42-24-22(34)19(9-37-21(33)7-20(31)32)41-26(35)25(24)44-43-11-2-3-15-13(4-11)23-14(8-36-15)12-5-17-18(39-10-38-17)6-16(12)40-23/h2-6,14,19,22-26,34-35H,7-10H2,1H3,(H,31,32)(H3,28,29,30)/t14-,19-,22-,23+,24-,25-,26-/m1/s1. The maximum atomic E-state index is 11.7. The molecule has 6 N–H and O–H groups in total. The summed E-state index contributed by atoms with van der Waals surface area (Å²) >= 11 is 0. The number of nitrogens with two attached hydrogens (primary N) is 1. The molecule has 0 aliphatic carbocycles. The van der Waals surface area contributed by atoms with E-state index in [0.717, 1.165) is 5.56 Å². The van der Waals surface area contributed by atoms with Crippen molar-refractivity contribution in [2.45, 2.75) is 49.1 Å². The fourth-order valence-corrected chi connectivity index (χ4v) is 5.20. The molecule has 17 nitrogen and oxygen atoms in total. The Morgan fingerprint density at radius 1 is 1.05 bits per heavy atom. The van der Waals surface area contributed by atoms with Crippen LogP contribution in [-0.4, -0.2) is 91.0 Å². The summed E-state index contributed by atoms with van der Waals surface area (Å²) in [5.41, 5.74) is 9.55. The normalized spacial score (nSPS) is 28.1. The molecule has 0 unspecified atom stereocenters. The number of rotatable bonds is 9. The summed E-state index contributed by atoms with van der Waals surface area (Å²) in [5.74, 6) is -0.0624. The van der Waals surface area contributed by atoms with Crippen LogP contribution in [0.5, 0.6) is 28.7 Å². The van der Waals surface area contributed by atoms with E-state index in [1.165, 1.54) is 7.05 Å². The van der Waals surface area contributed by atoms with Crippen molar-refractivity contribution in [2.75, 3.05) is 27.1 Å². The number of nitrogens with zero attached hydrogens (tertiary/aromatic N) is 1. The zero-order valence-electron chi connectivity index (χ0n) is 23.1. The van der Waals surface area contributed by atoms with E-state index in [4.69, 9.17) is 53.9 Å². The van der Waals surface area contributed by atoms with Crippen molar-refractivity contribution in [1.29, 1.82) is 0 Å². The van der Waals surface area contributed by atoms with Gasteiger partial charge in [-0.3, -0.25) is 19.4 Å². The third-order valence-corrected chi connectivity index (χ3v) is 7.37. The maximum absolute atomic E-state index is 11.7. The largest absolute Gasteiger partial charge is 0.492 e. The number of aliphatic carboxylic acids is 1. The molecule has 0 spiro atoms. The zero-order valence-corrected chi connectivity index (χ0v) is 23.1. The van der Waals surface area contributed by atoms with Crippen molar-refractivity contribution in [3.63, 3.8) is 0 Å². The number of carboxylic acids is 1. The van der Waals surface area contributed by atoms with Crippen molar-refractivity contribution < 1.29 is 67.9 Å². The molecule has 0 saturated carbocycles. The predicted molar refractivity (Wildman–Crippen MR) is 142 cm³/mol. The number of esters is 1. The molecule has 0 aromatic heterocycles. The van der Waals surface area contributed by atoms with Crippen molar-refractivity contribution in [2.24, 2.45) is 10.7 Å². The second-order valence-electron chi connectivity index (χ2n) is 10.1. The van der Waals surface area contributed by atoms with Gasteiger partial charge in [0.15, 0.2) is 29.6 Å². The van der Waals surface area contributed by atoms with E-state index in [1.807, 2.05) is 6.07 Å². The summed E-state index contributed by atoms with van der Waals surface area (Å²) in [6.45, 7) is -0.0633. The second-order valence-corrected chi connectivity index (χ2v) is 10.1. The van der Waals surface area contributed by atoms with Gasteiger partial charge in [0.25, 0.3) is 0 Å². The van der Waals surface area contributed by atoms with Crippen LogP contribution in [0.3, 0.4) is 0 Å². The Morgan fingerprint density at radius 2 is 1.84 bits per heavy atom. The van der Waals surface area contributed by atoms with Gasteiger partial charge in [-0.2, -0.15) is 4.89 Å². The molecule has 0 amide bonds. The number of nitrogens with one attached hydrogen (secondary N) is 1. The highest BCUT2D eigenvalue weighted by molar-refractivity contribution is 5.90. The number of fused-ring (bicyclic) bond motifs is 6.